The van der Waals surface area contributed by atoms with Crippen molar-refractivity contribution in [3.8, 4) is 10.7 Å². The lowest BCUT2D eigenvalue weighted by molar-refractivity contribution is -0.121. The highest BCUT2D eigenvalue weighted by atomic mass is 32.1. The van der Waals surface area contributed by atoms with E-state index in [4.69, 9.17) is 9.26 Å². The Morgan fingerprint density at radius 2 is 2.15 bits per heavy atom. The number of amides is 2. The highest BCUT2D eigenvalue weighted by Gasteiger charge is 2.28. The van der Waals surface area contributed by atoms with Crippen LogP contribution in [0.3, 0.4) is 0 Å². The smallest absolute Gasteiger partial charge is 0.253 e. The SMILES string of the molecule is COCCNC(=O)c1ccccc1NC(=O)C1CCCN(Cc2nc(-c3cccs3)no2)C1. The number of carbonyl (C=O) groups excluding carboxylic acids is 2. The maximum Gasteiger partial charge on any atom is 0.253 e. The van der Waals surface area contributed by atoms with Gasteiger partial charge in [-0.3, -0.25) is 14.5 Å². The summed E-state index contributed by atoms with van der Waals surface area (Å²) < 4.78 is 10.4. The van der Waals surface area contributed by atoms with Gasteiger partial charge < -0.3 is 19.9 Å². The number of likely N-dealkylation sites (tertiary alicyclic amines) is 1. The Labute approximate surface area is 196 Å². The van der Waals surface area contributed by atoms with E-state index in [1.165, 1.54) is 0 Å². The average Bonchev–Trinajstić information content (AvgIpc) is 3.52. The van der Waals surface area contributed by atoms with Crippen LogP contribution in [0.5, 0.6) is 0 Å². The Kier molecular flexibility index (Phi) is 7.82. The lowest BCUT2D eigenvalue weighted by atomic mass is 9.96. The van der Waals surface area contributed by atoms with Gasteiger partial charge in [0, 0.05) is 20.2 Å². The first-order chi connectivity index (χ1) is 16.1. The summed E-state index contributed by atoms with van der Waals surface area (Å²) in [7, 11) is 1.58. The van der Waals surface area contributed by atoms with E-state index in [1.807, 2.05) is 17.5 Å². The third-order valence-corrected chi connectivity index (χ3v) is 6.33. The van der Waals surface area contributed by atoms with Gasteiger partial charge in [-0.15, -0.1) is 11.3 Å². The second-order valence-electron chi connectivity index (χ2n) is 7.85. The Hall–Kier alpha value is -3.08. The van der Waals surface area contributed by atoms with Crippen LogP contribution in [0, 0.1) is 5.92 Å². The van der Waals surface area contributed by atoms with Crippen LogP contribution in [-0.4, -0.2) is 60.2 Å². The quantitative estimate of drug-likeness (QED) is 0.464. The molecule has 0 spiro atoms. The van der Waals surface area contributed by atoms with Gasteiger partial charge >= 0.3 is 0 Å². The molecule has 9 nitrogen and oxygen atoms in total. The number of carbonyl (C=O) groups is 2. The van der Waals surface area contributed by atoms with Gasteiger partial charge in [-0.05, 0) is 43.0 Å². The molecule has 2 N–H and O–H groups in total. The maximum absolute atomic E-state index is 13.0. The fraction of sp³-hybridized carbons (Fsp3) is 0.391. The standard InChI is InChI=1S/C23H27N5O4S/c1-31-12-10-24-23(30)17-7-2-3-8-18(17)25-22(29)16-6-4-11-28(14-16)15-20-26-21(27-32-20)19-9-5-13-33-19/h2-3,5,7-9,13,16H,4,6,10-12,14-15H2,1H3,(H,24,30)(H,25,29). The van der Waals surface area contributed by atoms with E-state index in [1.54, 1.807) is 42.7 Å². The molecule has 2 aromatic heterocycles. The number of para-hydroxylation sites is 1. The van der Waals surface area contributed by atoms with Gasteiger partial charge in [-0.25, -0.2) is 0 Å². The number of methoxy groups -OCH3 is 1. The van der Waals surface area contributed by atoms with Crippen molar-refractivity contribution in [1.29, 1.82) is 0 Å². The first-order valence-corrected chi connectivity index (χ1v) is 11.8. The largest absolute Gasteiger partial charge is 0.383 e. The van der Waals surface area contributed by atoms with Crippen molar-refractivity contribution in [2.75, 3.05) is 38.7 Å². The van der Waals surface area contributed by atoms with Crippen LogP contribution in [0.1, 0.15) is 29.1 Å². The van der Waals surface area contributed by atoms with Crippen molar-refractivity contribution in [3.05, 3.63) is 53.2 Å². The fourth-order valence-electron chi connectivity index (χ4n) is 3.82. The van der Waals surface area contributed by atoms with Crippen LogP contribution in [0.15, 0.2) is 46.3 Å². The molecule has 1 aromatic carbocycles. The molecule has 0 saturated carbocycles. The van der Waals surface area contributed by atoms with Crippen LogP contribution in [0.2, 0.25) is 0 Å². The average molecular weight is 470 g/mol. The predicted molar refractivity (Wildman–Crippen MR) is 125 cm³/mol. The molecule has 1 saturated heterocycles. The molecule has 1 atom stereocenters. The number of hydrogen-bond acceptors (Lipinski definition) is 8. The minimum Gasteiger partial charge on any atom is -0.383 e. The first kappa shape index (κ1) is 23.1. The van der Waals surface area contributed by atoms with Gasteiger partial charge in [0.05, 0.1) is 35.2 Å². The number of aromatic nitrogens is 2. The second kappa shape index (κ2) is 11.2. The molecule has 33 heavy (non-hydrogen) atoms. The van der Waals surface area contributed by atoms with E-state index in [0.29, 0.717) is 49.2 Å². The number of thiophene rings is 1. The molecule has 0 bridgehead atoms. The Bertz CT molecular complexity index is 1070. The second-order valence-corrected chi connectivity index (χ2v) is 8.79. The minimum absolute atomic E-state index is 0.0957. The van der Waals surface area contributed by atoms with Crippen LogP contribution in [0.25, 0.3) is 10.7 Å². The van der Waals surface area contributed by atoms with E-state index in [0.717, 1.165) is 24.3 Å². The molecule has 0 radical (unpaired) electrons. The van der Waals surface area contributed by atoms with Crippen molar-refractivity contribution in [1.82, 2.24) is 20.4 Å². The van der Waals surface area contributed by atoms with Crippen molar-refractivity contribution in [3.63, 3.8) is 0 Å². The van der Waals surface area contributed by atoms with Crippen LogP contribution in [0.4, 0.5) is 5.69 Å². The van der Waals surface area contributed by atoms with Crippen LogP contribution >= 0.6 is 11.3 Å². The number of nitrogens with one attached hydrogen (secondary N) is 2. The minimum atomic E-state index is -0.244. The molecule has 2 amide bonds. The van der Waals surface area contributed by atoms with Crippen LogP contribution in [-0.2, 0) is 16.1 Å². The molecule has 4 rings (SSSR count). The highest BCUT2D eigenvalue weighted by molar-refractivity contribution is 7.13. The van der Waals surface area contributed by atoms with Crippen molar-refractivity contribution in [2.24, 2.45) is 5.92 Å². The van der Waals surface area contributed by atoms with Gasteiger partial charge in [0.25, 0.3) is 5.91 Å². The van der Waals surface area contributed by atoms with Gasteiger partial charge in [-0.1, -0.05) is 23.4 Å². The molecule has 3 aromatic rings. The van der Waals surface area contributed by atoms with Gasteiger partial charge in [-0.2, -0.15) is 4.98 Å². The zero-order valence-corrected chi connectivity index (χ0v) is 19.3. The normalized spacial score (nSPS) is 16.5. The van der Waals surface area contributed by atoms with E-state index in [-0.39, 0.29) is 17.7 Å². The third-order valence-electron chi connectivity index (χ3n) is 5.47. The monoisotopic (exact) mass is 469 g/mol. The summed E-state index contributed by atoms with van der Waals surface area (Å²) >= 11 is 1.56. The molecule has 0 aliphatic carbocycles. The van der Waals surface area contributed by atoms with Crippen molar-refractivity contribution in [2.45, 2.75) is 19.4 Å². The predicted octanol–water partition coefficient (Wildman–Crippen LogP) is 3.03. The van der Waals surface area contributed by atoms with Gasteiger partial charge in [0.2, 0.25) is 17.6 Å². The van der Waals surface area contributed by atoms with Gasteiger partial charge in [0.1, 0.15) is 0 Å². The van der Waals surface area contributed by atoms with E-state index < -0.39 is 0 Å². The number of hydrogen-bond donors (Lipinski definition) is 2. The Morgan fingerprint density at radius 1 is 1.27 bits per heavy atom. The number of rotatable bonds is 9. The molecule has 1 fully saturated rings. The fourth-order valence-corrected chi connectivity index (χ4v) is 4.47. The molecule has 10 heteroatoms. The molecule has 174 valence electrons. The first-order valence-electron chi connectivity index (χ1n) is 10.9. The topological polar surface area (TPSA) is 110 Å². The van der Waals surface area contributed by atoms with Crippen molar-refractivity contribution < 1.29 is 18.8 Å². The molecular weight excluding hydrogens is 442 g/mol. The lowest BCUT2D eigenvalue weighted by Crippen LogP contribution is -2.40. The zero-order chi connectivity index (χ0) is 23.0. The lowest BCUT2D eigenvalue weighted by Gasteiger charge is -2.31. The Balaban J connectivity index is 1.35. The summed E-state index contributed by atoms with van der Waals surface area (Å²) in [5.74, 6) is 0.597. The summed E-state index contributed by atoms with van der Waals surface area (Å²) in [6.07, 6.45) is 1.68. The molecule has 1 unspecified atom stereocenters. The summed E-state index contributed by atoms with van der Waals surface area (Å²) in [6, 6.07) is 10.9. The number of ether oxygens (including phenoxy) is 1. The highest BCUT2D eigenvalue weighted by Crippen LogP contribution is 2.24. The summed E-state index contributed by atoms with van der Waals surface area (Å²) in [5.41, 5.74) is 0.939. The number of anilines is 1. The molecular formula is C23H27N5O4S. The molecule has 1 aliphatic heterocycles. The van der Waals surface area contributed by atoms with Crippen LogP contribution < -0.4 is 10.6 Å². The van der Waals surface area contributed by atoms with Crippen molar-refractivity contribution >= 4 is 28.8 Å². The molecule has 3 heterocycles. The number of benzene rings is 1. The summed E-state index contributed by atoms with van der Waals surface area (Å²) in [6.45, 7) is 2.77. The third kappa shape index (κ3) is 6.04. The summed E-state index contributed by atoms with van der Waals surface area (Å²) in [4.78, 5) is 33.1. The van der Waals surface area contributed by atoms with E-state index >= 15 is 0 Å². The van der Waals surface area contributed by atoms with E-state index in [9.17, 15) is 9.59 Å². The van der Waals surface area contributed by atoms with Gasteiger partial charge in [0.15, 0.2) is 0 Å². The maximum atomic E-state index is 13.0. The zero-order valence-electron chi connectivity index (χ0n) is 18.5. The number of piperidine rings is 1. The van der Waals surface area contributed by atoms with E-state index in [2.05, 4.69) is 25.7 Å². The Morgan fingerprint density at radius 3 is 2.97 bits per heavy atom. The number of nitrogens with zero attached hydrogens (tertiary/aromatic N) is 3. The summed E-state index contributed by atoms with van der Waals surface area (Å²) in [5, 5.41) is 11.8. The molecule has 1 aliphatic rings.